The van der Waals surface area contributed by atoms with Crippen molar-refractivity contribution in [3.63, 3.8) is 0 Å². The van der Waals surface area contributed by atoms with Crippen molar-refractivity contribution in [1.82, 2.24) is 25.0 Å². The van der Waals surface area contributed by atoms with Crippen LogP contribution in [0.15, 0.2) is 41.5 Å². The van der Waals surface area contributed by atoms with Crippen LogP contribution in [-0.2, 0) is 17.9 Å². The second kappa shape index (κ2) is 9.87. The van der Waals surface area contributed by atoms with Gasteiger partial charge in [0.25, 0.3) is 0 Å². The average Bonchev–Trinajstić information content (AvgIpc) is 3.31. The number of rotatable bonds is 9. The van der Waals surface area contributed by atoms with Gasteiger partial charge in [0.05, 0.1) is 10.8 Å². The minimum atomic E-state index is -0.210. The molecule has 0 aliphatic heterocycles. The van der Waals surface area contributed by atoms with E-state index in [1.807, 2.05) is 4.57 Å². The summed E-state index contributed by atoms with van der Waals surface area (Å²) in [5, 5.41) is 20.4. The number of halogens is 2. The van der Waals surface area contributed by atoms with Crippen molar-refractivity contribution in [1.29, 1.82) is 0 Å². The molecule has 0 radical (unpaired) electrons. The Bertz CT molecular complexity index is 964. The van der Waals surface area contributed by atoms with Crippen molar-refractivity contribution in [3.8, 4) is 5.75 Å². The minimum absolute atomic E-state index is 0.137. The molecular weight excluding hydrogens is 443 g/mol. The van der Waals surface area contributed by atoms with Crippen LogP contribution in [0, 0.1) is 0 Å². The Morgan fingerprint density at radius 1 is 1.36 bits per heavy atom. The van der Waals surface area contributed by atoms with Gasteiger partial charge in [-0.2, -0.15) is 0 Å². The van der Waals surface area contributed by atoms with E-state index in [0.29, 0.717) is 38.5 Å². The molecule has 1 N–H and O–H groups in total. The number of nitrogens with zero attached hydrogens (tertiary/aromatic N) is 5. The van der Waals surface area contributed by atoms with Crippen LogP contribution in [0.1, 0.15) is 5.82 Å². The van der Waals surface area contributed by atoms with Gasteiger partial charge in [-0.15, -0.1) is 27.0 Å². The SMILES string of the molecule is C=CCn1c(COc2cc(Cl)ccc2Cl)nnc1SCC(=O)Nc1nncs1. The third kappa shape index (κ3) is 5.44. The second-order valence-corrected chi connectivity index (χ2v) is 7.86. The third-order valence-corrected chi connectivity index (χ3v) is 5.41. The summed E-state index contributed by atoms with van der Waals surface area (Å²) < 4.78 is 7.54. The van der Waals surface area contributed by atoms with Crippen LogP contribution in [0.25, 0.3) is 0 Å². The van der Waals surface area contributed by atoms with Gasteiger partial charge in [0.15, 0.2) is 11.0 Å². The first-order chi connectivity index (χ1) is 13.6. The Morgan fingerprint density at radius 3 is 2.96 bits per heavy atom. The molecule has 8 nitrogen and oxygen atoms in total. The molecular formula is C16H14Cl2N6O2S2. The fourth-order valence-electron chi connectivity index (χ4n) is 2.09. The zero-order valence-corrected chi connectivity index (χ0v) is 17.5. The van der Waals surface area contributed by atoms with Crippen LogP contribution in [0.4, 0.5) is 5.13 Å². The predicted octanol–water partition coefficient (Wildman–Crippen LogP) is 3.93. The Balaban J connectivity index is 1.64. The number of aromatic nitrogens is 5. The molecule has 3 aromatic rings. The van der Waals surface area contributed by atoms with E-state index < -0.39 is 0 Å². The number of amides is 1. The van der Waals surface area contributed by atoms with Gasteiger partial charge in [-0.3, -0.25) is 14.7 Å². The Morgan fingerprint density at radius 2 is 2.21 bits per heavy atom. The molecule has 2 aromatic heterocycles. The fourth-order valence-corrected chi connectivity index (χ4v) is 3.65. The molecule has 0 bridgehead atoms. The van der Waals surface area contributed by atoms with E-state index in [1.54, 1.807) is 29.8 Å². The number of ether oxygens (including phenoxy) is 1. The van der Waals surface area contributed by atoms with Gasteiger partial charge in [-0.1, -0.05) is 52.4 Å². The van der Waals surface area contributed by atoms with E-state index in [0.717, 1.165) is 0 Å². The lowest BCUT2D eigenvalue weighted by Gasteiger charge is -2.10. The fraction of sp³-hybridized carbons (Fsp3) is 0.188. The topological polar surface area (TPSA) is 94.8 Å². The van der Waals surface area contributed by atoms with Crippen molar-refractivity contribution in [3.05, 3.63) is 52.2 Å². The lowest BCUT2D eigenvalue weighted by atomic mass is 10.3. The van der Waals surface area contributed by atoms with E-state index in [2.05, 4.69) is 32.3 Å². The monoisotopic (exact) mass is 456 g/mol. The van der Waals surface area contributed by atoms with Gasteiger partial charge in [-0.25, -0.2) is 0 Å². The van der Waals surface area contributed by atoms with E-state index in [-0.39, 0.29) is 18.3 Å². The molecule has 1 amide bonds. The number of carbonyl (C=O) groups excluding carboxylic acids is 1. The summed E-state index contributed by atoms with van der Waals surface area (Å²) in [6.07, 6.45) is 1.71. The van der Waals surface area contributed by atoms with Crippen molar-refractivity contribution in [2.24, 2.45) is 0 Å². The van der Waals surface area contributed by atoms with Crippen LogP contribution >= 0.6 is 46.3 Å². The van der Waals surface area contributed by atoms with E-state index in [4.69, 9.17) is 27.9 Å². The standard InChI is InChI=1S/C16H14Cl2N6O2S2/c1-2-5-24-13(7-26-12-6-10(17)3-4-11(12)18)21-23-16(24)27-8-14(25)20-15-22-19-9-28-15/h2-4,6,9H,1,5,7-8H2,(H,20,22,25). The molecule has 0 unspecified atom stereocenters. The first-order valence-corrected chi connectivity index (χ1v) is 10.5. The maximum Gasteiger partial charge on any atom is 0.236 e. The quantitative estimate of drug-likeness (QED) is 0.384. The van der Waals surface area contributed by atoms with Crippen molar-refractivity contribution >= 4 is 57.3 Å². The molecule has 0 saturated heterocycles. The molecule has 146 valence electrons. The van der Waals surface area contributed by atoms with Gasteiger partial charge < -0.3 is 4.74 Å². The lowest BCUT2D eigenvalue weighted by molar-refractivity contribution is -0.113. The number of thioether (sulfide) groups is 1. The molecule has 0 saturated carbocycles. The highest BCUT2D eigenvalue weighted by atomic mass is 35.5. The molecule has 1 aromatic carbocycles. The smallest absolute Gasteiger partial charge is 0.236 e. The van der Waals surface area contributed by atoms with Gasteiger partial charge >= 0.3 is 0 Å². The van der Waals surface area contributed by atoms with Crippen molar-refractivity contribution in [2.75, 3.05) is 11.1 Å². The molecule has 3 rings (SSSR count). The first kappa shape index (κ1) is 20.6. The van der Waals surface area contributed by atoms with Crippen LogP contribution in [0.5, 0.6) is 5.75 Å². The number of carbonyl (C=O) groups is 1. The molecule has 0 aliphatic carbocycles. The normalized spacial score (nSPS) is 10.6. The van der Waals surface area contributed by atoms with Crippen molar-refractivity contribution < 1.29 is 9.53 Å². The number of nitrogens with one attached hydrogen (secondary N) is 1. The summed E-state index contributed by atoms with van der Waals surface area (Å²) >= 11 is 14.6. The van der Waals surface area contributed by atoms with Crippen molar-refractivity contribution in [2.45, 2.75) is 18.3 Å². The number of anilines is 1. The molecule has 0 aliphatic rings. The lowest BCUT2D eigenvalue weighted by Crippen LogP contribution is -2.15. The van der Waals surface area contributed by atoms with Gasteiger partial charge in [-0.05, 0) is 12.1 Å². The Labute approximate surface area is 178 Å². The van der Waals surface area contributed by atoms with Crippen LogP contribution in [0.3, 0.4) is 0 Å². The summed E-state index contributed by atoms with van der Waals surface area (Å²) in [5.41, 5.74) is 1.54. The second-order valence-electron chi connectivity index (χ2n) is 5.24. The average molecular weight is 457 g/mol. The minimum Gasteiger partial charge on any atom is -0.484 e. The maximum absolute atomic E-state index is 12.0. The van der Waals surface area contributed by atoms with Crippen LogP contribution < -0.4 is 10.1 Å². The first-order valence-electron chi connectivity index (χ1n) is 7.86. The summed E-state index contributed by atoms with van der Waals surface area (Å²) in [5.74, 6) is 0.963. The summed E-state index contributed by atoms with van der Waals surface area (Å²) in [4.78, 5) is 12.0. The zero-order chi connectivity index (χ0) is 19.9. The molecule has 12 heteroatoms. The van der Waals surface area contributed by atoms with Gasteiger partial charge in [0, 0.05) is 17.6 Å². The highest BCUT2D eigenvalue weighted by molar-refractivity contribution is 7.99. The summed E-state index contributed by atoms with van der Waals surface area (Å²) in [7, 11) is 0. The molecule has 2 heterocycles. The molecule has 0 fully saturated rings. The zero-order valence-electron chi connectivity index (χ0n) is 14.3. The predicted molar refractivity (Wildman–Crippen MR) is 110 cm³/mol. The van der Waals surface area contributed by atoms with E-state index >= 15 is 0 Å². The number of hydrogen-bond donors (Lipinski definition) is 1. The Kier molecular flexibility index (Phi) is 7.26. The van der Waals surface area contributed by atoms with E-state index in [9.17, 15) is 4.79 Å². The molecule has 0 atom stereocenters. The number of allylic oxidation sites excluding steroid dienone is 1. The van der Waals surface area contributed by atoms with Gasteiger partial charge in [0.1, 0.15) is 17.9 Å². The largest absolute Gasteiger partial charge is 0.484 e. The van der Waals surface area contributed by atoms with Crippen LogP contribution in [-0.4, -0.2) is 36.6 Å². The van der Waals surface area contributed by atoms with E-state index in [1.165, 1.54) is 23.1 Å². The Hall–Kier alpha value is -2.14. The highest BCUT2D eigenvalue weighted by Gasteiger charge is 2.15. The molecule has 28 heavy (non-hydrogen) atoms. The number of hydrogen-bond acceptors (Lipinski definition) is 8. The highest BCUT2D eigenvalue weighted by Crippen LogP contribution is 2.28. The van der Waals surface area contributed by atoms with Crippen LogP contribution in [0.2, 0.25) is 10.0 Å². The third-order valence-electron chi connectivity index (χ3n) is 3.29. The summed E-state index contributed by atoms with van der Waals surface area (Å²) in [6.45, 7) is 4.35. The van der Waals surface area contributed by atoms with Gasteiger partial charge in [0.2, 0.25) is 11.0 Å². The maximum atomic E-state index is 12.0. The summed E-state index contributed by atoms with van der Waals surface area (Å²) in [6, 6.07) is 4.97. The molecule has 0 spiro atoms. The number of benzene rings is 1.